The van der Waals surface area contributed by atoms with Crippen LogP contribution in [0.15, 0.2) is 18.2 Å². The fourth-order valence-electron chi connectivity index (χ4n) is 1.60. The third kappa shape index (κ3) is 4.17. The van der Waals surface area contributed by atoms with Crippen LogP contribution >= 0.6 is 0 Å². The highest BCUT2D eigenvalue weighted by Gasteiger charge is 2.21. The Morgan fingerprint density at radius 3 is 2.37 bits per heavy atom. The maximum Gasteiger partial charge on any atom is 0.305 e. The number of phenolic OH excluding ortho intramolecular Hbond substituents is 2. The smallest absolute Gasteiger partial charge is 0.305 e. The highest BCUT2D eigenvalue weighted by atomic mass is 16.4. The first kappa shape index (κ1) is 14.8. The molecule has 4 N–H and O–H groups in total. The summed E-state index contributed by atoms with van der Waals surface area (Å²) >= 11 is 0. The molecular weight excluding hydrogens is 250 g/mol. The van der Waals surface area contributed by atoms with Gasteiger partial charge in [0.1, 0.15) is 11.5 Å². The first-order valence-corrected chi connectivity index (χ1v) is 5.86. The normalized spacial score (nSPS) is 12.2. The number of hydrogen-bond acceptors (Lipinski definition) is 4. The number of carboxylic acids is 1. The molecule has 1 aromatic rings. The Morgan fingerprint density at radius 2 is 1.89 bits per heavy atom. The van der Waals surface area contributed by atoms with Gasteiger partial charge in [-0.25, -0.2) is 0 Å². The summed E-state index contributed by atoms with van der Waals surface area (Å²) in [5, 5.41) is 30.0. The van der Waals surface area contributed by atoms with Gasteiger partial charge in [0.25, 0.3) is 5.91 Å². The van der Waals surface area contributed by atoms with E-state index in [9.17, 15) is 14.7 Å². The Kier molecular flexibility index (Phi) is 4.74. The van der Waals surface area contributed by atoms with E-state index in [1.807, 2.05) is 0 Å². The minimum absolute atomic E-state index is 0.00570. The van der Waals surface area contributed by atoms with Gasteiger partial charge in [-0.1, -0.05) is 13.8 Å². The number of benzene rings is 1. The number of carbonyl (C=O) groups excluding carboxylic acids is 1. The predicted octanol–water partition coefficient (Wildman–Crippen LogP) is 1.33. The van der Waals surface area contributed by atoms with Gasteiger partial charge in [-0.2, -0.15) is 0 Å². The van der Waals surface area contributed by atoms with Gasteiger partial charge in [0.15, 0.2) is 0 Å². The Bertz CT molecular complexity index is 484. The summed E-state index contributed by atoms with van der Waals surface area (Å²) in [5.41, 5.74) is -0.00570. The minimum Gasteiger partial charge on any atom is -0.508 e. The summed E-state index contributed by atoms with van der Waals surface area (Å²) in [5.74, 6) is -2.14. The van der Waals surface area contributed by atoms with Crippen molar-refractivity contribution in [3.63, 3.8) is 0 Å². The van der Waals surface area contributed by atoms with Crippen molar-refractivity contribution in [1.82, 2.24) is 5.32 Å². The summed E-state index contributed by atoms with van der Waals surface area (Å²) in [6.45, 7) is 3.59. The Balaban J connectivity index is 2.84. The second kappa shape index (κ2) is 6.08. The number of carbonyl (C=O) groups is 2. The van der Waals surface area contributed by atoms with Crippen LogP contribution in [0.5, 0.6) is 11.5 Å². The summed E-state index contributed by atoms with van der Waals surface area (Å²) in [4.78, 5) is 22.6. The fraction of sp³-hybridized carbons (Fsp3) is 0.385. The number of carboxylic acid groups (broad SMARTS) is 1. The molecule has 0 heterocycles. The molecule has 0 radical (unpaired) electrons. The first-order valence-electron chi connectivity index (χ1n) is 5.86. The second-order valence-electron chi connectivity index (χ2n) is 4.62. The number of amides is 1. The SMILES string of the molecule is CC(C)C(CC(=O)O)NC(=O)c1ccc(O)cc1O. The summed E-state index contributed by atoms with van der Waals surface area (Å²) in [6.07, 6.45) is -0.192. The second-order valence-corrected chi connectivity index (χ2v) is 4.62. The van der Waals surface area contributed by atoms with Gasteiger partial charge in [-0.15, -0.1) is 0 Å². The van der Waals surface area contributed by atoms with Crippen molar-refractivity contribution in [3.05, 3.63) is 23.8 Å². The van der Waals surface area contributed by atoms with E-state index >= 15 is 0 Å². The molecule has 1 amide bonds. The standard InChI is InChI=1S/C13H17NO5/c1-7(2)10(6-12(17)18)14-13(19)9-4-3-8(15)5-11(9)16/h3-5,7,10,15-16H,6H2,1-2H3,(H,14,19)(H,17,18). The third-order valence-corrected chi connectivity index (χ3v) is 2.74. The molecule has 6 heteroatoms. The molecular formula is C13H17NO5. The van der Waals surface area contributed by atoms with Crippen LogP contribution in [0.2, 0.25) is 0 Å². The summed E-state index contributed by atoms with van der Waals surface area (Å²) < 4.78 is 0. The van der Waals surface area contributed by atoms with Crippen LogP contribution in [0, 0.1) is 5.92 Å². The predicted molar refractivity (Wildman–Crippen MR) is 68.1 cm³/mol. The van der Waals surface area contributed by atoms with E-state index < -0.39 is 17.9 Å². The molecule has 1 atom stereocenters. The van der Waals surface area contributed by atoms with Gasteiger partial charge >= 0.3 is 5.97 Å². The van der Waals surface area contributed by atoms with Gasteiger partial charge in [0, 0.05) is 12.1 Å². The fourth-order valence-corrected chi connectivity index (χ4v) is 1.60. The number of aromatic hydroxyl groups is 2. The van der Waals surface area contributed by atoms with Crippen molar-refractivity contribution in [2.24, 2.45) is 5.92 Å². The lowest BCUT2D eigenvalue weighted by Gasteiger charge is -2.20. The van der Waals surface area contributed by atoms with Crippen molar-refractivity contribution in [2.45, 2.75) is 26.3 Å². The quantitative estimate of drug-likeness (QED) is 0.643. The summed E-state index contributed by atoms with van der Waals surface area (Å²) in [6, 6.07) is 3.07. The minimum atomic E-state index is -1.01. The number of hydrogen-bond donors (Lipinski definition) is 4. The maximum absolute atomic E-state index is 11.9. The zero-order valence-corrected chi connectivity index (χ0v) is 10.8. The van der Waals surface area contributed by atoms with Crippen LogP contribution in [0.1, 0.15) is 30.6 Å². The lowest BCUT2D eigenvalue weighted by molar-refractivity contribution is -0.137. The number of phenols is 2. The van der Waals surface area contributed by atoms with E-state index in [4.69, 9.17) is 10.2 Å². The van der Waals surface area contributed by atoms with Crippen LogP contribution in [0.3, 0.4) is 0 Å². The average Bonchev–Trinajstić information content (AvgIpc) is 2.26. The molecule has 6 nitrogen and oxygen atoms in total. The van der Waals surface area contributed by atoms with Crippen molar-refractivity contribution >= 4 is 11.9 Å². The van der Waals surface area contributed by atoms with Crippen LogP contribution in [0.25, 0.3) is 0 Å². The van der Waals surface area contributed by atoms with Gasteiger partial charge < -0.3 is 20.6 Å². The van der Waals surface area contributed by atoms with Gasteiger partial charge in [-0.05, 0) is 18.1 Å². The molecule has 0 saturated heterocycles. The maximum atomic E-state index is 11.9. The number of nitrogens with one attached hydrogen (secondary N) is 1. The molecule has 0 saturated carbocycles. The largest absolute Gasteiger partial charge is 0.508 e. The molecule has 0 aliphatic heterocycles. The summed E-state index contributed by atoms with van der Waals surface area (Å²) in [7, 11) is 0. The molecule has 0 aromatic heterocycles. The molecule has 0 spiro atoms. The molecule has 1 aromatic carbocycles. The van der Waals surface area contributed by atoms with E-state index in [1.165, 1.54) is 12.1 Å². The monoisotopic (exact) mass is 267 g/mol. The van der Waals surface area contributed by atoms with Crippen LogP contribution in [0.4, 0.5) is 0 Å². The van der Waals surface area contributed by atoms with E-state index in [0.717, 1.165) is 6.07 Å². The van der Waals surface area contributed by atoms with Crippen molar-refractivity contribution in [3.8, 4) is 11.5 Å². The van der Waals surface area contributed by atoms with Crippen LogP contribution in [-0.4, -0.2) is 33.2 Å². The molecule has 104 valence electrons. The highest BCUT2D eigenvalue weighted by molar-refractivity contribution is 5.97. The van der Waals surface area contributed by atoms with Crippen LogP contribution < -0.4 is 5.32 Å². The topological polar surface area (TPSA) is 107 Å². The molecule has 19 heavy (non-hydrogen) atoms. The Hall–Kier alpha value is -2.24. The van der Waals surface area contributed by atoms with Gasteiger partial charge in [-0.3, -0.25) is 9.59 Å². The van der Waals surface area contributed by atoms with Gasteiger partial charge in [0.2, 0.25) is 0 Å². The van der Waals surface area contributed by atoms with Crippen LogP contribution in [-0.2, 0) is 4.79 Å². The molecule has 0 fully saturated rings. The first-order chi connectivity index (χ1) is 8.81. The van der Waals surface area contributed by atoms with Crippen molar-refractivity contribution < 1.29 is 24.9 Å². The van der Waals surface area contributed by atoms with E-state index in [1.54, 1.807) is 13.8 Å². The van der Waals surface area contributed by atoms with Crippen molar-refractivity contribution in [2.75, 3.05) is 0 Å². The number of aliphatic carboxylic acids is 1. The van der Waals surface area contributed by atoms with E-state index in [-0.39, 0.29) is 29.4 Å². The van der Waals surface area contributed by atoms with Crippen molar-refractivity contribution in [1.29, 1.82) is 0 Å². The van der Waals surface area contributed by atoms with E-state index in [2.05, 4.69) is 5.32 Å². The highest BCUT2D eigenvalue weighted by Crippen LogP contribution is 2.22. The lowest BCUT2D eigenvalue weighted by Crippen LogP contribution is -2.40. The molecule has 1 unspecified atom stereocenters. The van der Waals surface area contributed by atoms with E-state index in [0.29, 0.717) is 0 Å². The molecule has 0 bridgehead atoms. The molecule has 0 aliphatic carbocycles. The zero-order valence-electron chi connectivity index (χ0n) is 10.8. The molecule has 0 aliphatic rings. The third-order valence-electron chi connectivity index (χ3n) is 2.74. The molecule has 1 rings (SSSR count). The number of rotatable bonds is 5. The Labute approximate surface area is 110 Å². The Morgan fingerprint density at radius 1 is 1.26 bits per heavy atom. The van der Waals surface area contributed by atoms with Gasteiger partial charge in [0.05, 0.1) is 12.0 Å². The zero-order chi connectivity index (χ0) is 14.6. The lowest BCUT2D eigenvalue weighted by atomic mass is 10.0. The average molecular weight is 267 g/mol.